The van der Waals surface area contributed by atoms with Crippen LogP contribution in [-0.4, -0.2) is 52.5 Å². The van der Waals surface area contributed by atoms with Gasteiger partial charge in [-0.15, -0.1) is 11.8 Å². The van der Waals surface area contributed by atoms with E-state index in [1.165, 1.54) is 16.7 Å². The van der Waals surface area contributed by atoms with Gasteiger partial charge < -0.3 is 15.1 Å². The molecule has 0 spiro atoms. The number of piperidine rings is 1. The number of benzene rings is 1. The van der Waals surface area contributed by atoms with E-state index in [9.17, 15) is 14.4 Å². The topological polar surface area (TPSA) is 82.6 Å². The second-order valence-corrected chi connectivity index (χ2v) is 8.21. The summed E-state index contributed by atoms with van der Waals surface area (Å²) >= 11 is 1.28. The van der Waals surface area contributed by atoms with Gasteiger partial charge in [-0.1, -0.05) is 12.1 Å². The van der Waals surface area contributed by atoms with Gasteiger partial charge >= 0.3 is 0 Å². The standard InChI is InChI=1S/C21H22N4O3S/c26-18(23-15-7-6-10-22-13-15)14-25-16-8-2-3-9-17(16)29-19(21(25)28)20(27)24-11-4-1-5-12-24/h2-3,6-10,13,19H,1,4-5,11-12,14H2,(H,23,26)/t19-/m1/s1. The number of aromatic nitrogens is 1. The van der Waals surface area contributed by atoms with Gasteiger partial charge in [-0.05, 0) is 43.5 Å². The summed E-state index contributed by atoms with van der Waals surface area (Å²) in [6.45, 7) is 1.22. The largest absolute Gasteiger partial charge is 0.341 e. The Balaban J connectivity index is 1.55. The molecule has 2 aliphatic heterocycles. The molecule has 3 amide bonds. The van der Waals surface area contributed by atoms with Gasteiger partial charge in [0.15, 0.2) is 5.25 Å². The molecule has 1 aromatic heterocycles. The molecule has 2 aliphatic rings. The number of anilines is 2. The number of hydrogen-bond acceptors (Lipinski definition) is 5. The third-order valence-electron chi connectivity index (χ3n) is 5.03. The molecule has 150 valence electrons. The van der Waals surface area contributed by atoms with Crippen LogP contribution in [0.25, 0.3) is 0 Å². The molecule has 0 bridgehead atoms. The van der Waals surface area contributed by atoms with E-state index in [1.807, 2.05) is 18.2 Å². The zero-order chi connectivity index (χ0) is 20.2. The average Bonchev–Trinajstić information content (AvgIpc) is 2.76. The fourth-order valence-corrected chi connectivity index (χ4v) is 4.79. The molecule has 0 unspecified atom stereocenters. The number of para-hydroxylation sites is 1. The van der Waals surface area contributed by atoms with Crippen molar-refractivity contribution in [3.8, 4) is 0 Å². The first-order valence-electron chi connectivity index (χ1n) is 9.69. The predicted octanol–water partition coefficient (Wildman–Crippen LogP) is 2.54. The number of likely N-dealkylation sites (tertiary alicyclic amines) is 1. The molecule has 8 heteroatoms. The van der Waals surface area contributed by atoms with Gasteiger partial charge in [0.2, 0.25) is 11.8 Å². The molecule has 0 aliphatic carbocycles. The quantitative estimate of drug-likeness (QED) is 0.784. The summed E-state index contributed by atoms with van der Waals surface area (Å²) in [5, 5.41) is 1.90. The minimum atomic E-state index is -0.853. The van der Waals surface area contributed by atoms with E-state index < -0.39 is 5.25 Å². The first-order chi connectivity index (χ1) is 14.1. The molecule has 1 saturated heterocycles. The lowest BCUT2D eigenvalue weighted by Crippen LogP contribution is -2.52. The van der Waals surface area contributed by atoms with Crippen LogP contribution < -0.4 is 10.2 Å². The van der Waals surface area contributed by atoms with Crippen molar-refractivity contribution < 1.29 is 14.4 Å². The number of carbonyl (C=O) groups is 3. The SMILES string of the molecule is O=C(CN1C(=O)[C@@H](C(=O)N2CCCCC2)Sc2ccccc21)Nc1cccnc1. The fourth-order valence-electron chi connectivity index (χ4n) is 3.60. The Kier molecular flexibility index (Phi) is 5.80. The van der Waals surface area contributed by atoms with Crippen LogP contribution in [0, 0.1) is 0 Å². The zero-order valence-electron chi connectivity index (χ0n) is 15.9. The van der Waals surface area contributed by atoms with Gasteiger partial charge in [-0.3, -0.25) is 19.4 Å². The number of fused-ring (bicyclic) bond motifs is 1. The lowest BCUT2D eigenvalue weighted by atomic mass is 10.1. The number of nitrogens with zero attached hydrogens (tertiary/aromatic N) is 3. The number of pyridine rings is 1. The van der Waals surface area contributed by atoms with Crippen molar-refractivity contribution in [2.24, 2.45) is 0 Å². The van der Waals surface area contributed by atoms with Crippen LogP contribution in [-0.2, 0) is 14.4 Å². The minimum absolute atomic E-state index is 0.158. The van der Waals surface area contributed by atoms with Crippen molar-refractivity contribution in [3.05, 3.63) is 48.8 Å². The lowest BCUT2D eigenvalue weighted by molar-refractivity contribution is -0.135. The first-order valence-corrected chi connectivity index (χ1v) is 10.6. The molecule has 2 aromatic rings. The molecular weight excluding hydrogens is 388 g/mol. The molecule has 0 radical (unpaired) electrons. The zero-order valence-corrected chi connectivity index (χ0v) is 16.7. The average molecular weight is 410 g/mol. The maximum Gasteiger partial charge on any atom is 0.250 e. The summed E-state index contributed by atoms with van der Waals surface area (Å²) in [6, 6.07) is 10.8. The monoisotopic (exact) mass is 410 g/mol. The molecular formula is C21H22N4O3S. The Labute approximate surface area is 173 Å². The van der Waals surface area contributed by atoms with Gasteiger partial charge in [-0.25, -0.2) is 0 Å². The first kappa shape index (κ1) is 19.4. The van der Waals surface area contributed by atoms with Gasteiger partial charge in [-0.2, -0.15) is 0 Å². The van der Waals surface area contributed by atoms with Gasteiger partial charge in [0, 0.05) is 24.2 Å². The van der Waals surface area contributed by atoms with E-state index in [1.54, 1.807) is 35.5 Å². The molecule has 29 heavy (non-hydrogen) atoms. The van der Waals surface area contributed by atoms with Crippen LogP contribution in [0.4, 0.5) is 11.4 Å². The van der Waals surface area contributed by atoms with E-state index in [0.29, 0.717) is 24.5 Å². The summed E-state index contributed by atoms with van der Waals surface area (Å²) < 4.78 is 0. The highest BCUT2D eigenvalue weighted by atomic mass is 32.2. The van der Waals surface area contributed by atoms with Gasteiger partial charge in [0.25, 0.3) is 5.91 Å². The maximum absolute atomic E-state index is 13.2. The van der Waals surface area contributed by atoms with Crippen LogP contribution in [0.15, 0.2) is 53.7 Å². The molecule has 1 fully saturated rings. The van der Waals surface area contributed by atoms with Crippen molar-refractivity contribution in [1.82, 2.24) is 9.88 Å². The molecule has 4 rings (SSSR count). The Morgan fingerprint density at radius 3 is 2.66 bits per heavy atom. The van der Waals surface area contributed by atoms with E-state index in [2.05, 4.69) is 10.3 Å². The normalized spacial score (nSPS) is 18.9. The number of nitrogens with one attached hydrogen (secondary N) is 1. The van der Waals surface area contributed by atoms with Crippen LogP contribution >= 0.6 is 11.8 Å². The Morgan fingerprint density at radius 2 is 1.90 bits per heavy atom. The lowest BCUT2D eigenvalue weighted by Gasteiger charge is -2.36. The highest BCUT2D eigenvalue weighted by Gasteiger charge is 2.40. The van der Waals surface area contributed by atoms with E-state index >= 15 is 0 Å². The summed E-state index contributed by atoms with van der Waals surface area (Å²) in [6.07, 6.45) is 6.20. The van der Waals surface area contributed by atoms with Crippen LogP contribution in [0.2, 0.25) is 0 Å². The number of carbonyl (C=O) groups excluding carboxylic acids is 3. The van der Waals surface area contributed by atoms with Crippen molar-refractivity contribution in [1.29, 1.82) is 0 Å². The summed E-state index contributed by atoms with van der Waals surface area (Å²) in [5.41, 5.74) is 1.22. The molecule has 1 aromatic carbocycles. The Bertz CT molecular complexity index is 915. The summed E-state index contributed by atoms with van der Waals surface area (Å²) in [5.74, 6) is -0.838. The smallest absolute Gasteiger partial charge is 0.250 e. The van der Waals surface area contributed by atoms with Gasteiger partial charge in [0.1, 0.15) is 6.54 Å². The number of thioether (sulfide) groups is 1. The Morgan fingerprint density at radius 1 is 1.10 bits per heavy atom. The van der Waals surface area contributed by atoms with Crippen LogP contribution in [0.5, 0.6) is 0 Å². The molecule has 0 saturated carbocycles. The summed E-state index contributed by atoms with van der Waals surface area (Å²) in [7, 11) is 0. The second-order valence-electron chi connectivity index (χ2n) is 7.07. The van der Waals surface area contributed by atoms with Crippen LogP contribution in [0.1, 0.15) is 19.3 Å². The van der Waals surface area contributed by atoms with Crippen molar-refractivity contribution >= 4 is 40.9 Å². The molecule has 7 nitrogen and oxygen atoms in total. The van der Waals surface area contributed by atoms with Gasteiger partial charge in [0.05, 0.1) is 17.6 Å². The number of rotatable bonds is 4. The van der Waals surface area contributed by atoms with Crippen LogP contribution in [0.3, 0.4) is 0 Å². The maximum atomic E-state index is 13.2. The highest BCUT2D eigenvalue weighted by Crippen LogP contribution is 2.39. The van der Waals surface area contributed by atoms with Crippen molar-refractivity contribution in [2.75, 3.05) is 29.9 Å². The molecule has 3 heterocycles. The number of amides is 3. The molecule has 1 atom stereocenters. The van der Waals surface area contributed by atoms with E-state index in [4.69, 9.17) is 0 Å². The third-order valence-corrected chi connectivity index (χ3v) is 6.27. The Hall–Kier alpha value is -2.87. The number of hydrogen-bond donors (Lipinski definition) is 1. The second kappa shape index (κ2) is 8.65. The van der Waals surface area contributed by atoms with Crippen molar-refractivity contribution in [3.63, 3.8) is 0 Å². The van der Waals surface area contributed by atoms with E-state index in [-0.39, 0.29) is 24.3 Å². The van der Waals surface area contributed by atoms with E-state index in [0.717, 1.165) is 24.2 Å². The van der Waals surface area contributed by atoms with Crippen molar-refractivity contribution in [2.45, 2.75) is 29.4 Å². The predicted molar refractivity (Wildman–Crippen MR) is 112 cm³/mol. The molecule has 1 N–H and O–H groups in total. The summed E-state index contributed by atoms with van der Waals surface area (Å²) in [4.78, 5) is 46.9. The third kappa shape index (κ3) is 4.27. The fraction of sp³-hybridized carbons (Fsp3) is 0.333. The minimum Gasteiger partial charge on any atom is -0.341 e. The highest BCUT2D eigenvalue weighted by molar-refractivity contribution is 8.01.